The minimum atomic E-state index is -0.0952. The Morgan fingerprint density at radius 2 is 2.05 bits per heavy atom. The van der Waals surface area contributed by atoms with Crippen LogP contribution in [0.4, 0.5) is 0 Å². The Hall–Kier alpha value is -2.14. The lowest BCUT2D eigenvalue weighted by atomic mass is 9.97. The van der Waals surface area contributed by atoms with E-state index in [-0.39, 0.29) is 11.9 Å². The topological polar surface area (TPSA) is 55.6 Å². The quantitative estimate of drug-likeness (QED) is 0.813. The number of likely N-dealkylation sites (tertiary alicyclic amines) is 1. The van der Waals surface area contributed by atoms with Crippen molar-refractivity contribution in [1.82, 2.24) is 9.88 Å². The summed E-state index contributed by atoms with van der Waals surface area (Å²) >= 11 is 0. The number of ether oxygens (including phenoxy) is 1. The van der Waals surface area contributed by atoms with Crippen LogP contribution in [0.1, 0.15) is 18.7 Å². The number of esters is 1. The monoisotopic (exact) mass is 300 g/mol. The van der Waals surface area contributed by atoms with Gasteiger partial charge in [0.05, 0.1) is 25.8 Å². The molecule has 1 aliphatic rings. The standard InChI is InChI=1S/C17H20N2O3/c1-21-17(20)14-7-9-19(10-8-14)12-16-18-11-15(22-16)13-5-3-2-4-6-13/h2-6,11,14H,7-10,12H2,1H3. The van der Waals surface area contributed by atoms with Crippen molar-refractivity contribution in [2.45, 2.75) is 19.4 Å². The van der Waals surface area contributed by atoms with E-state index in [1.807, 2.05) is 30.3 Å². The Morgan fingerprint density at radius 3 is 2.73 bits per heavy atom. The highest BCUT2D eigenvalue weighted by Gasteiger charge is 2.26. The Kier molecular flexibility index (Phi) is 4.53. The van der Waals surface area contributed by atoms with E-state index in [1.165, 1.54) is 7.11 Å². The average Bonchev–Trinajstić information content (AvgIpc) is 3.04. The van der Waals surface area contributed by atoms with Gasteiger partial charge in [-0.15, -0.1) is 0 Å². The highest BCUT2D eigenvalue weighted by molar-refractivity contribution is 5.72. The fraction of sp³-hybridized carbons (Fsp3) is 0.412. The third-order valence-electron chi connectivity index (χ3n) is 4.09. The number of carbonyl (C=O) groups excluding carboxylic acids is 1. The van der Waals surface area contributed by atoms with Gasteiger partial charge < -0.3 is 9.15 Å². The maximum Gasteiger partial charge on any atom is 0.308 e. The number of rotatable bonds is 4. The van der Waals surface area contributed by atoms with Gasteiger partial charge in [0.15, 0.2) is 5.76 Å². The number of hydrogen-bond acceptors (Lipinski definition) is 5. The number of aromatic nitrogens is 1. The van der Waals surface area contributed by atoms with Gasteiger partial charge in [-0.1, -0.05) is 30.3 Å². The predicted octanol–water partition coefficient (Wildman–Crippen LogP) is 2.73. The van der Waals surface area contributed by atoms with Gasteiger partial charge in [-0.05, 0) is 25.9 Å². The first kappa shape index (κ1) is 14.8. The van der Waals surface area contributed by atoms with Gasteiger partial charge in [0.2, 0.25) is 5.89 Å². The number of piperidine rings is 1. The Bertz CT molecular complexity index is 616. The van der Waals surface area contributed by atoms with Crippen molar-refractivity contribution in [2.75, 3.05) is 20.2 Å². The molecule has 0 N–H and O–H groups in total. The first-order valence-corrected chi connectivity index (χ1v) is 7.56. The second-order valence-corrected chi connectivity index (χ2v) is 5.56. The molecule has 0 radical (unpaired) electrons. The van der Waals surface area contributed by atoms with E-state index in [0.717, 1.165) is 43.1 Å². The summed E-state index contributed by atoms with van der Waals surface area (Å²) in [7, 11) is 1.45. The largest absolute Gasteiger partial charge is 0.469 e. The van der Waals surface area contributed by atoms with Crippen molar-refractivity contribution in [3.8, 4) is 11.3 Å². The lowest BCUT2D eigenvalue weighted by Crippen LogP contribution is -2.36. The van der Waals surface area contributed by atoms with E-state index < -0.39 is 0 Å². The van der Waals surface area contributed by atoms with Crippen molar-refractivity contribution in [2.24, 2.45) is 5.92 Å². The molecule has 22 heavy (non-hydrogen) atoms. The predicted molar refractivity (Wildman–Crippen MR) is 82.0 cm³/mol. The molecule has 1 aromatic carbocycles. The second-order valence-electron chi connectivity index (χ2n) is 5.56. The van der Waals surface area contributed by atoms with Crippen molar-refractivity contribution in [3.63, 3.8) is 0 Å². The van der Waals surface area contributed by atoms with Gasteiger partial charge in [-0.3, -0.25) is 9.69 Å². The molecule has 0 amide bonds. The van der Waals surface area contributed by atoms with Crippen LogP contribution in [0.5, 0.6) is 0 Å². The molecule has 5 heteroatoms. The molecule has 0 saturated carbocycles. The van der Waals surface area contributed by atoms with Crippen molar-refractivity contribution >= 4 is 5.97 Å². The summed E-state index contributed by atoms with van der Waals surface area (Å²) < 4.78 is 10.6. The van der Waals surface area contributed by atoms with Crippen molar-refractivity contribution in [3.05, 3.63) is 42.4 Å². The van der Waals surface area contributed by atoms with Gasteiger partial charge in [-0.2, -0.15) is 0 Å². The van der Waals surface area contributed by atoms with Crippen LogP contribution in [0.2, 0.25) is 0 Å². The molecule has 0 unspecified atom stereocenters. The molecule has 0 bridgehead atoms. The van der Waals surface area contributed by atoms with E-state index >= 15 is 0 Å². The maximum atomic E-state index is 11.5. The summed E-state index contributed by atoms with van der Waals surface area (Å²) in [6.45, 7) is 2.41. The summed E-state index contributed by atoms with van der Waals surface area (Å²) in [5.74, 6) is 1.45. The first-order valence-electron chi connectivity index (χ1n) is 7.56. The highest BCUT2D eigenvalue weighted by atomic mass is 16.5. The molecule has 2 aromatic rings. The van der Waals surface area contributed by atoms with E-state index in [9.17, 15) is 4.79 Å². The molecule has 3 rings (SSSR count). The van der Waals surface area contributed by atoms with Gasteiger partial charge >= 0.3 is 5.97 Å². The smallest absolute Gasteiger partial charge is 0.308 e. The first-order chi connectivity index (χ1) is 10.8. The minimum Gasteiger partial charge on any atom is -0.469 e. The SMILES string of the molecule is COC(=O)C1CCN(Cc2ncc(-c3ccccc3)o2)CC1. The van der Waals surface area contributed by atoms with Crippen LogP contribution in [0.25, 0.3) is 11.3 Å². The molecule has 0 aliphatic carbocycles. The third-order valence-corrected chi connectivity index (χ3v) is 4.09. The van der Waals surface area contributed by atoms with E-state index in [1.54, 1.807) is 6.20 Å². The van der Waals surface area contributed by atoms with Crippen LogP contribution in [-0.2, 0) is 16.1 Å². The highest BCUT2D eigenvalue weighted by Crippen LogP contribution is 2.23. The number of nitrogens with zero attached hydrogens (tertiary/aromatic N) is 2. The van der Waals surface area contributed by atoms with E-state index in [4.69, 9.17) is 9.15 Å². The number of hydrogen-bond donors (Lipinski definition) is 0. The summed E-state index contributed by atoms with van der Waals surface area (Å²) in [5, 5.41) is 0. The van der Waals surface area contributed by atoms with Crippen LogP contribution >= 0.6 is 0 Å². The number of oxazole rings is 1. The molecule has 0 atom stereocenters. The molecular formula is C17H20N2O3. The third kappa shape index (κ3) is 3.36. The van der Waals surface area contributed by atoms with Gasteiger partial charge in [0.1, 0.15) is 0 Å². The zero-order valence-electron chi connectivity index (χ0n) is 12.7. The molecule has 5 nitrogen and oxygen atoms in total. The lowest BCUT2D eigenvalue weighted by molar-refractivity contribution is -0.147. The number of carbonyl (C=O) groups is 1. The fourth-order valence-corrected chi connectivity index (χ4v) is 2.80. The molecule has 1 aromatic heterocycles. The normalized spacial score (nSPS) is 16.6. The van der Waals surface area contributed by atoms with Crippen LogP contribution < -0.4 is 0 Å². The molecule has 1 fully saturated rings. The Labute approximate surface area is 129 Å². The van der Waals surface area contributed by atoms with Crippen LogP contribution in [0, 0.1) is 5.92 Å². The zero-order valence-corrected chi connectivity index (χ0v) is 12.7. The summed E-state index contributed by atoms with van der Waals surface area (Å²) in [5.41, 5.74) is 1.03. The van der Waals surface area contributed by atoms with Gasteiger partial charge in [0.25, 0.3) is 0 Å². The number of benzene rings is 1. The maximum absolute atomic E-state index is 11.5. The summed E-state index contributed by atoms with van der Waals surface area (Å²) in [6.07, 6.45) is 3.43. The lowest BCUT2D eigenvalue weighted by Gasteiger charge is -2.29. The Balaban J connectivity index is 1.57. The second kappa shape index (κ2) is 6.75. The summed E-state index contributed by atoms with van der Waals surface area (Å²) in [4.78, 5) is 18.1. The molecule has 116 valence electrons. The summed E-state index contributed by atoms with van der Waals surface area (Å²) in [6, 6.07) is 9.95. The van der Waals surface area contributed by atoms with Crippen molar-refractivity contribution < 1.29 is 13.9 Å². The molecule has 1 saturated heterocycles. The van der Waals surface area contributed by atoms with E-state index in [2.05, 4.69) is 9.88 Å². The Morgan fingerprint density at radius 1 is 1.32 bits per heavy atom. The van der Waals surface area contributed by atoms with Crippen molar-refractivity contribution in [1.29, 1.82) is 0 Å². The van der Waals surface area contributed by atoms with E-state index in [0.29, 0.717) is 6.54 Å². The van der Waals surface area contributed by atoms with Gasteiger partial charge in [0, 0.05) is 5.56 Å². The fourth-order valence-electron chi connectivity index (χ4n) is 2.80. The molecule has 1 aliphatic heterocycles. The van der Waals surface area contributed by atoms with Crippen LogP contribution in [0.3, 0.4) is 0 Å². The average molecular weight is 300 g/mol. The van der Waals surface area contributed by atoms with Gasteiger partial charge in [-0.25, -0.2) is 4.98 Å². The van der Waals surface area contributed by atoms with Crippen LogP contribution in [0.15, 0.2) is 40.9 Å². The molecular weight excluding hydrogens is 280 g/mol. The number of methoxy groups -OCH3 is 1. The van der Waals surface area contributed by atoms with Crippen LogP contribution in [-0.4, -0.2) is 36.1 Å². The zero-order chi connectivity index (χ0) is 15.4. The minimum absolute atomic E-state index is 0.0330. The molecule has 2 heterocycles. The molecule has 0 spiro atoms.